The Bertz CT molecular complexity index is 535. The summed E-state index contributed by atoms with van der Waals surface area (Å²) in [7, 11) is 1.57. The predicted molar refractivity (Wildman–Crippen MR) is 78.3 cm³/mol. The number of nitrogen functional groups attached to an aromatic ring is 1. The van der Waals surface area contributed by atoms with Crippen molar-refractivity contribution in [2.75, 3.05) is 24.4 Å². The molecule has 0 radical (unpaired) electrons. The van der Waals surface area contributed by atoms with Gasteiger partial charge in [-0.25, -0.2) is 15.8 Å². The lowest BCUT2D eigenvalue weighted by Gasteiger charge is -2.12. The van der Waals surface area contributed by atoms with E-state index in [9.17, 15) is 5.11 Å². The van der Waals surface area contributed by atoms with Crippen LogP contribution in [0.3, 0.4) is 0 Å². The van der Waals surface area contributed by atoms with Gasteiger partial charge in [-0.15, -0.1) is 0 Å². The van der Waals surface area contributed by atoms with Gasteiger partial charge in [0.1, 0.15) is 18.2 Å². The summed E-state index contributed by atoms with van der Waals surface area (Å²) in [5.41, 5.74) is 3.35. The number of aliphatic hydroxyl groups is 1. The number of aliphatic hydroxyl groups excluding tert-OH is 1. The molecule has 8 heteroatoms. The number of anilines is 2. The average Bonchev–Trinajstić information content (AvgIpc) is 2.99. The zero-order valence-corrected chi connectivity index (χ0v) is 11.9. The number of hydrazine groups is 1. The quantitative estimate of drug-likeness (QED) is 0.448. The minimum Gasteiger partial charge on any atom is -0.387 e. The third kappa shape index (κ3) is 3.87. The predicted octanol–water partition coefficient (Wildman–Crippen LogP) is 1.12. The first-order valence-corrected chi connectivity index (χ1v) is 6.94. The Labute approximate surface area is 120 Å². The number of aromatic nitrogens is 2. The molecule has 0 aromatic carbocycles. The van der Waals surface area contributed by atoms with Gasteiger partial charge < -0.3 is 20.6 Å². The van der Waals surface area contributed by atoms with Crippen molar-refractivity contribution in [3.8, 4) is 0 Å². The molecule has 2 aromatic rings. The van der Waals surface area contributed by atoms with E-state index in [2.05, 4.69) is 20.7 Å². The number of thiophene rings is 1. The van der Waals surface area contributed by atoms with Gasteiger partial charge in [-0.3, -0.25) is 0 Å². The highest BCUT2D eigenvalue weighted by Gasteiger charge is 2.09. The van der Waals surface area contributed by atoms with Crippen LogP contribution in [0.4, 0.5) is 11.6 Å². The summed E-state index contributed by atoms with van der Waals surface area (Å²) in [5.74, 6) is 6.93. The third-order valence-electron chi connectivity index (χ3n) is 2.60. The number of ether oxygens (including phenoxy) is 1. The summed E-state index contributed by atoms with van der Waals surface area (Å²) >= 11 is 1.55. The zero-order valence-electron chi connectivity index (χ0n) is 11.0. The third-order valence-corrected chi connectivity index (χ3v) is 3.30. The van der Waals surface area contributed by atoms with Gasteiger partial charge in [-0.05, 0) is 22.4 Å². The van der Waals surface area contributed by atoms with Gasteiger partial charge in [0.15, 0.2) is 5.82 Å². The molecule has 2 rings (SSSR count). The molecule has 0 aliphatic heterocycles. The van der Waals surface area contributed by atoms with Crippen molar-refractivity contribution in [2.24, 2.45) is 5.84 Å². The van der Waals surface area contributed by atoms with Gasteiger partial charge in [0.05, 0.1) is 6.10 Å². The number of hydrogen-bond acceptors (Lipinski definition) is 8. The zero-order chi connectivity index (χ0) is 14.4. The number of nitrogens with two attached hydrogens (primary N) is 1. The maximum Gasteiger partial charge on any atom is 0.158 e. The number of nitrogens with one attached hydrogen (secondary N) is 2. The fourth-order valence-corrected chi connectivity index (χ4v) is 2.35. The van der Waals surface area contributed by atoms with Gasteiger partial charge in [-0.1, -0.05) is 0 Å². The van der Waals surface area contributed by atoms with Crippen molar-refractivity contribution in [3.05, 3.63) is 34.3 Å². The van der Waals surface area contributed by atoms with Crippen molar-refractivity contribution >= 4 is 23.0 Å². The summed E-state index contributed by atoms with van der Waals surface area (Å²) < 4.78 is 5.00. The van der Waals surface area contributed by atoms with Crippen LogP contribution in [-0.2, 0) is 11.3 Å². The summed E-state index contributed by atoms with van der Waals surface area (Å²) in [6, 6.07) is 3.56. The molecule has 5 N–H and O–H groups in total. The van der Waals surface area contributed by atoms with Gasteiger partial charge >= 0.3 is 0 Å². The monoisotopic (exact) mass is 295 g/mol. The Hall–Kier alpha value is -1.74. The highest BCUT2D eigenvalue weighted by Crippen LogP contribution is 2.17. The van der Waals surface area contributed by atoms with E-state index in [1.807, 2.05) is 16.8 Å². The molecular weight excluding hydrogens is 278 g/mol. The molecule has 2 aromatic heterocycles. The second kappa shape index (κ2) is 7.15. The van der Waals surface area contributed by atoms with Crippen LogP contribution in [0, 0.1) is 0 Å². The van der Waals surface area contributed by atoms with Gasteiger partial charge in [-0.2, -0.15) is 11.3 Å². The van der Waals surface area contributed by atoms with Gasteiger partial charge in [0, 0.05) is 19.7 Å². The minimum atomic E-state index is -0.587. The van der Waals surface area contributed by atoms with E-state index < -0.39 is 6.10 Å². The molecule has 0 aliphatic carbocycles. The molecule has 0 aliphatic rings. The fourth-order valence-electron chi connectivity index (χ4n) is 1.64. The molecule has 20 heavy (non-hydrogen) atoms. The standard InChI is InChI=1S/C12H17N5O2S/c1-19-6-12-15-10(4-11(16-12)17-13)14-5-9(18)8-2-3-20-7-8/h2-4,7,9,18H,5-6,13H2,1H3,(H2,14,15,16,17). The lowest BCUT2D eigenvalue weighted by molar-refractivity contribution is 0.178. The molecule has 0 saturated heterocycles. The summed E-state index contributed by atoms with van der Waals surface area (Å²) in [4.78, 5) is 8.42. The van der Waals surface area contributed by atoms with E-state index in [0.717, 1.165) is 5.56 Å². The van der Waals surface area contributed by atoms with Crippen molar-refractivity contribution in [1.29, 1.82) is 0 Å². The van der Waals surface area contributed by atoms with Crippen molar-refractivity contribution in [1.82, 2.24) is 9.97 Å². The smallest absolute Gasteiger partial charge is 0.158 e. The largest absolute Gasteiger partial charge is 0.387 e. The van der Waals surface area contributed by atoms with Crippen LogP contribution in [0.15, 0.2) is 22.9 Å². The molecule has 2 heterocycles. The van der Waals surface area contributed by atoms with Crippen LogP contribution in [0.1, 0.15) is 17.5 Å². The van der Waals surface area contributed by atoms with E-state index in [4.69, 9.17) is 10.6 Å². The first-order valence-electron chi connectivity index (χ1n) is 6.00. The summed E-state index contributed by atoms with van der Waals surface area (Å²) in [6.07, 6.45) is -0.587. The van der Waals surface area contributed by atoms with Crippen molar-refractivity contribution in [3.63, 3.8) is 0 Å². The van der Waals surface area contributed by atoms with E-state index in [0.29, 0.717) is 24.0 Å². The lowest BCUT2D eigenvalue weighted by atomic mass is 10.2. The van der Waals surface area contributed by atoms with E-state index in [1.54, 1.807) is 24.5 Å². The molecule has 0 saturated carbocycles. The van der Waals surface area contributed by atoms with Crippen LogP contribution in [-0.4, -0.2) is 28.7 Å². The van der Waals surface area contributed by atoms with Crippen LogP contribution in [0.2, 0.25) is 0 Å². The summed E-state index contributed by atoms with van der Waals surface area (Å²) in [5, 5.41) is 16.9. The maximum absolute atomic E-state index is 10.0. The fraction of sp³-hybridized carbons (Fsp3) is 0.333. The molecule has 108 valence electrons. The highest BCUT2D eigenvalue weighted by molar-refractivity contribution is 7.07. The number of methoxy groups -OCH3 is 1. The SMILES string of the molecule is COCc1nc(NN)cc(NCC(O)c2ccsc2)n1. The van der Waals surface area contributed by atoms with Gasteiger partial charge in [0.2, 0.25) is 0 Å². The lowest BCUT2D eigenvalue weighted by Crippen LogP contribution is -2.15. The molecule has 0 fully saturated rings. The molecule has 0 spiro atoms. The maximum atomic E-state index is 10.0. The Morgan fingerprint density at radius 3 is 2.90 bits per heavy atom. The van der Waals surface area contributed by atoms with E-state index in [-0.39, 0.29) is 6.61 Å². The second-order valence-corrected chi connectivity index (χ2v) is 4.87. The van der Waals surface area contributed by atoms with E-state index in [1.165, 1.54) is 0 Å². The van der Waals surface area contributed by atoms with Crippen molar-refractivity contribution in [2.45, 2.75) is 12.7 Å². The first kappa shape index (κ1) is 14.7. The Kier molecular flexibility index (Phi) is 5.24. The molecule has 7 nitrogen and oxygen atoms in total. The number of hydrogen-bond donors (Lipinski definition) is 4. The minimum absolute atomic E-state index is 0.289. The molecule has 1 unspecified atom stereocenters. The summed E-state index contributed by atoms with van der Waals surface area (Å²) in [6.45, 7) is 0.640. The highest BCUT2D eigenvalue weighted by atomic mass is 32.1. The molecular formula is C12H17N5O2S. The molecule has 0 amide bonds. The Morgan fingerprint density at radius 2 is 2.25 bits per heavy atom. The van der Waals surface area contributed by atoms with Crippen LogP contribution in [0.25, 0.3) is 0 Å². The molecule has 0 bridgehead atoms. The first-order chi connectivity index (χ1) is 9.72. The average molecular weight is 295 g/mol. The van der Waals surface area contributed by atoms with Crippen LogP contribution < -0.4 is 16.6 Å². The second-order valence-electron chi connectivity index (χ2n) is 4.09. The number of rotatable bonds is 7. The normalized spacial score (nSPS) is 12.2. The van der Waals surface area contributed by atoms with Gasteiger partial charge in [0.25, 0.3) is 0 Å². The van der Waals surface area contributed by atoms with E-state index >= 15 is 0 Å². The molecule has 1 atom stereocenters. The topological polar surface area (TPSA) is 105 Å². The Morgan fingerprint density at radius 1 is 1.45 bits per heavy atom. The number of nitrogens with zero attached hydrogens (tertiary/aromatic N) is 2. The van der Waals surface area contributed by atoms with Crippen molar-refractivity contribution < 1.29 is 9.84 Å². The van der Waals surface area contributed by atoms with Crippen LogP contribution in [0.5, 0.6) is 0 Å². The van der Waals surface area contributed by atoms with Crippen LogP contribution >= 0.6 is 11.3 Å². The Balaban J connectivity index is 2.02.